The summed E-state index contributed by atoms with van der Waals surface area (Å²) >= 11 is 5.88. The van der Waals surface area contributed by atoms with Crippen molar-refractivity contribution >= 4 is 17.5 Å². The number of carbonyl (C=O) groups is 1. The number of likely N-dealkylation sites (N-methyl/N-ethyl adjacent to an activating group) is 1. The van der Waals surface area contributed by atoms with Crippen LogP contribution in [0.4, 0.5) is 0 Å². The summed E-state index contributed by atoms with van der Waals surface area (Å²) in [6.45, 7) is 2.20. The fraction of sp³-hybridized carbons (Fsp3) is 0.533. The predicted molar refractivity (Wildman–Crippen MR) is 79.9 cm³/mol. The molecule has 110 valence electrons. The first kappa shape index (κ1) is 15.3. The Bertz CT molecular complexity index is 444. The summed E-state index contributed by atoms with van der Waals surface area (Å²) in [5.74, 6) is -0.605. The number of ether oxygens (including phenoxy) is 1. The van der Waals surface area contributed by atoms with E-state index in [0.29, 0.717) is 17.6 Å². The van der Waals surface area contributed by atoms with Crippen molar-refractivity contribution in [3.63, 3.8) is 0 Å². The van der Waals surface area contributed by atoms with E-state index >= 15 is 0 Å². The Balaban J connectivity index is 2.05. The van der Waals surface area contributed by atoms with Gasteiger partial charge >= 0.3 is 0 Å². The Morgan fingerprint density at radius 1 is 1.40 bits per heavy atom. The average Bonchev–Trinajstić information content (AvgIpc) is 2.46. The van der Waals surface area contributed by atoms with Gasteiger partial charge in [-0.3, -0.25) is 4.79 Å². The van der Waals surface area contributed by atoms with Crippen LogP contribution in [0.15, 0.2) is 24.3 Å². The summed E-state index contributed by atoms with van der Waals surface area (Å²) in [4.78, 5) is 14.0. The van der Waals surface area contributed by atoms with Crippen molar-refractivity contribution in [3.8, 4) is 0 Å². The largest absolute Gasteiger partial charge is 0.381 e. The fourth-order valence-electron chi connectivity index (χ4n) is 2.62. The molecule has 5 heteroatoms. The highest BCUT2D eigenvalue weighted by atomic mass is 35.5. The van der Waals surface area contributed by atoms with Crippen molar-refractivity contribution in [2.24, 2.45) is 5.73 Å². The van der Waals surface area contributed by atoms with Gasteiger partial charge in [-0.25, -0.2) is 0 Å². The van der Waals surface area contributed by atoms with E-state index in [4.69, 9.17) is 22.1 Å². The second-order valence-corrected chi connectivity index (χ2v) is 5.73. The molecule has 0 aromatic heterocycles. The Hall–Kier alpha value is -1.10. The van der Waals surface area contributed by atoms with Crippen LogP contribution in [0.25, 0.3) is 0 Å². The highest BCUT2D eigenvalue weighted by Crippen LogP contribution is 2.22. The molecule has 1 aliphatic heterocycles. The summed E-state index contributed by atoms with van der Waals surface area (Å²) in [6, 6.07) is 7.78. The minimum Gasteiger partial charge on any atom is -0.381 e. The molecule has 2 N–H and O–H groups in total. The lowest BCUT2D eigenvalue weighted by Gasteiger charge is -2.33. The van der Waals surface area contributed by atoms with E-state index in [1.54, 1.807) is 12.1 Å². The third-order valence-corrected chi connectivity index (χ3v) is 4.15. The normalized spacial score (nSPS) is 18.1. The van der Waals surface area contributed by atoms with Crippen LogP contribution in [-0.2, 0) is 9.53 Å². The van der Waals surface area contributed by atoms with Crippen LogP contribution in [0, 0.1) is 0 Å². The summed E-state index contributed by atoms with van der Waals surface area (Å²) in [5, 5.41) is 0.662. The summed E-state index contributed by atoms with van der Waals surface area (Å²) in [6.07, 6.45) is 2.01. The zero-order valence-electron chi connectivity index (χ0n) is 11.7. The molecule has 20 heavy (non-hydrogen) atoms. The highest BCUT2D eigenvalue weighted by molar-refractivity contribution is 6.30. The van der Waals surface area contributed by atoms with Crippen molar-refractivity contribution < 1.29 is 9.53 Å². The van der Waals surface area contributed by atoms with Gasteiger partial charge in [-0.05, 0) is 37.6 Å². The van der Waals surface area contributed by atoms with Crippen molar-refractivity contribution in [2.75, 3.05) is 26.8 Å². The first-order valence-electron chi connectivity index (χ1n) is 6.90. The van der Waals surface area contributed by atoms with Crippen LogP contribution < -0.4 is 5.73 Å². The van der Waals surface area contributed by atoms with Crippen LogP contribution in [0.1, 0.15) is 24.3 Å². The molecule has 1 aromatic carbocycles. The molecule has 0 bridgehead atoms. The monoisotopic (exact) mass is 296 g/mol. The summed E-state index contributed by atoms with van der Waals surface area (Å²) in [5.41, 5.74) is 6.48. The molecule has 1 aliphatic rings. The second kappa shape index (κ2) is 7.07. The predicted octanol–water partition coefficient (Wildman–Crippen LogP) is 2.02. The standard InChI is InChI=1S/C15H21ClN2O2/c1-18(13-6-8-20-9-7-13)10-14(15(17)19)11-2-4-12(16)5-3-11/h2-5,13-14H,6-10H2,1H3,(H2,17,19)/t14-/m1/s1. The number of hydrogen-bond donors (Lipinski definition) is 1. The van der Waals surface area contributed by atoms with E-state index in [2.05, 4.69) is 4.90 Å². The quantitative estimate of drug-likeness (QED) is 0.904. The number of primary amides is 1. The Morgan fingerprint density at radius 2 is 2.00 bits per heavy atom. The first-order valence-corrected chi connectivity index (χ1v) is 7.28. The van der Waals surface area contributed by atoms with Crippen LogP contribution in [0.2, 0.25) is 5.02 Å². The van der Waals surface area contributed by atoms with E-state index in [1.165, 1.54) is 0 Å². The minimum absolute atomic E-state index is 0.300. The van der Waals surface area contributed by atoms with E-state index in [0.717, 1.165) is 31.6 Å². The van der Waals surface area contributed by atoms with Crippen LogP contribution in [-0.4, -0.2) is 43.7 Å². The van der Waals surface area contributed by atoms with Gasteiger partial charge in [-0.1, -0.05) is 23.7 Å². The first-order chi connectivity index (χ1) is 9.58. The summed E-state index contributed by atoms with van der Waals surface area (Å²) in [7, 11) is 2.04. The maximum absolute atomic E-state index is 11.7. The number of hydrogen-bond acceptors (Lipinski definition) is 3. The molecule has 0 aliphatic carbocycles. The lowest BCUT2D eigenvalue weighted by molar-refractivity contribution is -0.120. The molecule has 0 spiro atoms. The molecule has 1 amide bonds. The van der Waals surface area contributed by atoms with Gasteiger partial charge in [0.2, 0.25) is 5.91 Å². The molecule has 1 aromatic rings. The molecule has 1 heterocycles. The molecular formula is C15H21ClN2O2. The molecule has 1 saturated heterocycles. The van der Waals surface area contributed by atoms with Gasteiger partial charge in [0.15, 0.2) is 0 Å². The number of benzene rings is 1. The smallest absolute Gasteiger partial charge is 0.226 e. The topological polar surface area (TPSA) is 55.6 Å². The zero-order chi connectivity index (χ0) is 14.5. The molecular weight excluding hydrogens is 276 g/mol. The van der Waals surface area contributed by atoms with Gasteiger partial charge in [0.05, 0.1) is 5.92 Å². The molecule has 0 unspecified atom stereocenters. The number of nitrogens with zero attached hydrogens (tertiary/aromatic N) is 1. The van der Waals surface area contributed by atoms with Gasteiger partial charge in [0, 0.05) is 30.8 Å². The number of rotatable bonds is 5. The number of nitrogens with two attached hydrogens (primary N) is 1. The number of halogens is 1. The van der Waals surface area contributed by atoms with Crippen molar-refractivity contribution in [2.45, 2.75) is 24.8 Å². The third-order valence-electron chi connectivity index (χ3n) is 3.90. The molecule has 0 radical (unpaired) electrons. The maximum Gasteiger partial charge on any atom is 0.226 e. The van der Waals surface area contributed by atoms with Gasteiger partial charge in [-0.2, -0.15) is 0 Å². The van der Waals surface area contributed by atoms with E-state index in [9.17, 15) is 4.79 Å². The average molecular weight is 297 g/mol. The number of carbonyl (C=O) groups excluding carboxylic acids is 1. The fourth-order valence-corrected chi connectivity index (χ4v) is 2.74. The summed E-state index contributed by atoms with van der Waals surface area (Å²) < 4.78 is 5.37. The zero-order valence-corrected chi connectivity index (χ0v) is 12.5. The molecule has 1 fully saturated rings. The Morgan fingerprint density at radius 3 is 2.55 bits per heavy atom. The van der Waals surface area contributed by atoms with Crippen molar-refractivity contribution in [1.82, 2.24) is 4.90 Å². The van der Waals surface area contributed by atoms with Crippen molar-refractivity contribution in [3.05, 3.63) is 34.9 Å². The molecule has 1 atom stereocenters. The lowest BCUT2D eigenvalue weighted by Crippen LogP contribution is -2.41. The third kappa shape index (κ3) is 3.95. The van der Waals surface area contributed by atoms with Crippen molar-refractivity contribution in [1.29, 1.82) is 0 Å². The maximum atomic E-state index is 11.7. The SMILES string of the molecule is CN(C[C@@H](C(N)=O)c1ccc(Cl)cc1)C1CCOCC1. The van der Waals surface area contributed by atoms with E-state index < -0.39 is 0 Å². The van der Waals surface area contributed by atoms with E-state index in [-0.39, 0.29) is 11.8 Å². The minimum atomic E-state index is -0.305. The van der Waals surface area contributed by atoms with Crippen LogP contribution in [0.5, 0.6) is 0 Å². The molecule has 2 rings (SSSR count). The lowest BCUT2D eigenvalue weighted by atomic mass is 9.96. The Labute approximate surface area is 124 Å². The van der Waals surface area contributed by atoms with E-state index in [1.807, 2.05) is 19.2 Å². The molecule has 4 nitrogen and oxygen atoms in total. The molecule has 0 saturated carbocycles. The highest BCUT2D eigenvalue weighted by Gasteiger charge is 2.25. The van der Waals surface area contributed by atoms with Crippen LogP contribution in [0.3, 0.4) is 0 Å². The second-order valence-electron chi connectivity index (χ2n) is 5.29. The van der Waals surface area contributed by atoms with Gasteiger partial charge in [0.1, 0.15) is 0 Å². The van der Waals surface area contributed by atoms with Gasteiger partial charge in [-0.15, -0.1) is 0 Å². The number of amides is 1. The van der Waals surface area contributed by atoms with Crippen LogP contribution >= 0.6 is 11.6 Å². The Kier molecular flexibility index (Phi) is 5.40. The van der Waals surface area contributed by atoms with Gasteiger partial charge in [0.25, 0.3) is 0 Å². The van der Waals surface area contributed by atoms with Gasteiger partial charge < -0.3 is 15.4 Å².